The van der Waals surface area contributed by atoms with Crippen LogP contribution in [0.5, 0.6) is 0 Å². The van der Waals surface area contributed by atoms with Crippen molar-refractivity contribution in [3.63, 3.8) is 0 Å². The highest BCUT2D eigenvalue weighted by molar-refractivity contribution is 5.65. The third-order valence-electron chi connectivity index (χ3n) is 4.60. The Morgan fingerprint density at radius 3 is 2.71 bits per heavy atom. The molecule has 2 fully saturated rings. The molecule has 6 nitrogen and oxygen atoms in total. The minimum atomic E-state index is 0.365. The zero-order chi connectivity index (χ0) is 14.7. The van der Waals surface area contributed by atoms with Crippen LogP contribution in [0.4, 0.5) is 11.6 Å². The van der Waals surface area contributed by atoms with E-state index < -0.39 is 0 Å². The van der Waals surface area contributed by atoms with Crippen LogP contribution in [0.2, 0.25) is 0 Å². The summed E-state index contributed by atoms with van der Waals surface area (Å²) >= 11 is 0. The normalized spacial score (nSPS) is 21.0. The van der Waals surface area contributed by atoms with Gasteiger partial charge in [0.1, 0.15) is 17.5 Å². The lowest BCUT2D eigenvalue weighted by Gasteiger charge is -2.23. The second-order valence-electron chi connectivity index (χ2n) is 6.02. The van der Waals surface area contributed by atoms with Gasteiger partial charge in [0, 0.05) is 19.6 Å². The largest absolute Gasteiger partial charge is 0.383 e. The van der Waals surface area contributed by atoms with E-state index in [4.69, 9.17) is 10.8 Å². The molecule has 114 valence electrons. The van der Waals surface area contributed by atoms with Crippen LogP contribution >= 0.6 is 0 Å². The molecule has 0 aromatic carbocycles. The number of nitrogens with zero attached hydrogens (tertiary/aromatic N) is 4. The molecule has 1 aromatic heterocycles. The molecule has 0 atom stereocenters. The van der Waals surface area contributed by atoms with Gasteiger partial charge in [0.2, 0.25) is 0 Å². The van der Waals surface area contributed by atoms with Gasteiger partial charge in [0.25, 0.3) is 0 Å². The number of hydrogen-bond acceptors (Lipinski definition) is 5. The van der Waals surface area contributed by atoms with Crippen LogP contribution in [-0.2, 0) is 0 Å². The van der Waals surface area contributed by atoms with Crippen molar-refractivity contribution >= 4 is 11.6 Å². The van der Waals surface area contributed by atoms with E-state index >= 15 is 0 Å². The summed E-state index contributed by atoms with van der Waals surface area (Å²) in [5, 5.41) is 17.6. The van der Waals surface area contributed by atoms with E-state index in [1.54, 1.807) is 0 Å². The topological polar surface area (TPSA) is 82.9 Å². The van der Waals surface area contributed by atoms with Crippen molar-refractivity contribution in [2.75, 3.05) is 36.8 Å². The highest BCUT2D eigenvalue weighted by atomic mass is 15.4. The molecule has 1 aliphatic carbocycles. The smallest absolute Gasteiger partial charge is 0.170 e. The van der Waals surface area contributed by atoms with Gasteiger partial charge in [-0.15, -0.1) is 0 Å². The van der Waals surface area contributed by atoms with Crippen molar-refractivity contribution in [3.05, 3.63) is 5.56 Å². The van der Waals surface area contributed by atoms with E-state index in [1.165, 1.54) is 19.3 Å². The number of nitrogen functional groups attached to an aromatic ring is 1. The molecule has 0 amide bonds. The van der Waals surface area contributed by atoms with Crippen LogP contribution < -0.4 is 16.0 Å². The monoisotopic (exact) mass is 288 g/mol. The SMILES string of the molecule is N#Cc1c(N2CCCNCC2)nn(C2CCCCC2)c1N. The molecule has 1 saturated heterocycles. The van der Waals surface area contributed by atoms with Gasteiger partial charge in [0.15, 0.2) is 5.82 Å². The molecular formula is C15H24N6. The molecule has 0 unspecified atom stereocenters. The number of nitriles is 1. The van der Waals surface area contributed by atoms with Gasteiger partial charge < -0.3 is 16.0 Å². The summed E-state index contributed by atoms with van der Waals surface area (Å²) in [6.45, 7) is 3.77. The quantitative estimate of drug-likeness (QED) is 0.864. The predicted octanol–water partition coefficient (Wildman–Crippen LogP) is 1.64. The van der Waals surface area contributed by atoms with Crippen LogP contribution in [0.3, 0.4) is 0 Å². The van der Waals surface area contributed by atoms with E-state index in [0.717, 1.165) is 51.3 Å². The Bertz CT molecular complexity index is 515. The van der Waals surface area contributed by atoms with Crippen molar-refractivity contribution in [2.24, 2.45) is 0 Å². The van der Waals surface area contributed by atoms with Crippen molar-refractivity contribution < 1.29 is 0 Å². The van der Waals surface area contributed by atoms with Crippen LogP contribution in [0.25, 0.3) is 0 Å². The molecular weight excluding hydrogens is 264 g/mol. The molecule has 1 saturated carbocycles. The van der Waals surface area contributed by atoms with Crippen LogP contribution in [0.1, 0.15) is 50.1 Å². The first-order chi connectivity index (χ1) is 10.3. The fourth-order valence-corrected chi connectivity index (χ4v) is 3.43. The lowest BCUT2D eigenvalue weighted by molar-refractivity contribution is 0.333. The average molecular weight is 288 g/mol. The molecule has 2 aliphatic rings. The van der Waals surface area contributed by atoms with Crippen LogP contribution in [0.15, 0.2) is 0 Å². The molecule has 6 heteroatoms. The summed E-state index contributed by atoms with van der Waals surface area (Å²) in [6, 6.07) is 2.64. The summed E-state index contributed by atoms with van der Waals surface area (Å²) in [4.78, 5) is 2.20. The number of nitrogens with one attached hydrogen (secondary N) is 1. The Morgan fingerprint density at radius 1 is 1.14 bits per heavy atom. The molecule has 21 heavy (non-hydrogen) atoms. The van der Waals surface area contributed by atoms with Crippen molar-refractivity contribution in [3.8, 4) is 6.07 Å². The van der Waals surface area contributed by atoms with Gasteiger partial charge in [-0.2, -0.15) is 10.4 Å². The summed E-state index contributed by atoms with van der Waals surface area (Å²) < 4.78 is 1.92. The van der Waals surface area contributed by atoms with E-state index in [1.807, 2.05) is 4.68 Å². The molecule has 3 rings (SSSR count). The number of aromatic nitrogens is 2. The second-order valence-corrected chi connectivity index (χ2v) is 6.02. The Morgan fingerprint density at radius 2 is 1.95 bits per heavy atom. The Kier molecular flexibility index (Phi) is 4.30. The molecule has 1 aliphatic heterocycles. The molecule has 0 bridgehead atoms. The maximum absolute atomic E-state index is 9.49. The van der Waals surface area contributed by atoms with E-state index in [-0.39, 0.29) is 0 Å². The standard InChI is InChI=1S/C15H24N6/c16-11-13-14(17)21(12-5-2-1-3-6-12)19-15(13)20-9-4-7-18-8-10-20/h12,18H,1-10,17H2. The highest BCUT2D eigenvalue weighted by Crippen LogP contribution is 2.34. The first-order valence-electron chi connectivity index (χ1n) is 8.05. The minimum Gasteiger partial charge on any atom is -0.383 e. The fourth-order valence-electron chi connectivity index (χ4n) is 3.43. The van der Waals surface area contributed by atoms with Gasteiger partial charge in [-0.05, 0) is 25.8 Å². The van der Waals surface area contributed by atoms with Crippen molar-refractivity contribution in [2.45, 2.75) is 44.6 Å². The van der Waals surface area contributed by atoms with Crippen LogP contribution in [0, 0.1) is 11.3 Å². The Balaban J connectivity index is 1.90. The number of rotatable bonds is 2. The van der Waals surface area contributed by atoms with Gasteiger partial charge in [0.05, 0.1) is 6.04 Å². The number of nitrogens with two attached hydrogens (primary N) is 1. The van der Waals surface area contributed by atoms with Crippen LogP contribution in [-0.4, -0.2) is 36.0 Å². The predicted molar refractivity (Wildman–Crippen MR) is 83.2 cm³/mol. The fraction of sp³-hybridized carbons (Fsp3) is 0.733. The molecule has 2 heterocycles. The maximum atomic E-state index is 9.49. The third-order valence-corrected chi connectivity index (χ3v) is 4.60. The minimum absolute atomic E-state index is 0.365. The molecule has 0 spiro atoms. The number of anilines is 2. The number of hydrogen-bond donors (Lipinski definition) is 2. The van der Waals surface area contributed by atoms with Crippen molar-refractivity contribution in [1.82, 2.24) is 15.1 Å². The summed E-state index contributed by atoms with van der Waals surface area (Å²) in [5.74, 6) is 1.33. The maximum Gasteiger partial charge on any atom is 0.170 e. The van der Waals surface area contributed by atoms with E-state index in [0.29, 0.717) is 17.4 Å². The molecule has 1 aromatic rings. The van der Waals surface area contributed by atoms with E-state index in [9.17, 15) is 5.26 Å². The van der Waals surface area contributed by atoms with Gasteiger partial charge in [-0.3, -0.25) is 0 Å². The third kappa shape index (κ3) is 2.84. The molecule has 3 N–H and O–H groups in total. The Hall–Kier alpha value is -1.74. The second kappa shape index (κ2) is 6.35. The highest BCUT2D eigenvalue weighted by Gasteiger charge is 2.26. The lowest BCUT2D eigenvalue weighted by Crippen LogP contribution is -2.29. The summed E-state index contributed by atoms with van der Waals surface area (Å²) in [5.41, 5.74) is 6.78. The lowest BCUT2D eigenvalue weighted by atomic mass is 9.96. The van der Waals surface area contributed by atoms with Gasteiger partial charge in [-0.1, -0.05) is 19.3 Å². The van der Waals surface area contributed by atoms with Crippen molar-refractivity contribution in [1.29, 1.82) is 5.26 Å². The summed E-state index contributed by atoms with van der Waals surface area (Å²) in [6.07, 6.45) is 7.08. The zero-order valence-electron chi connectivity index (χ0n) is 12.5. The van der Waals surface area contributed by atoms with E-state index in [2.05, 4.69) is 16.3 Å². The molecule has 0 radical (unpaired) electrons. The first-order valence-corrected chi connectivity index (χ1v) is 8.05. The first kappa shape index (κ1) is 14.2. The summed E-state index contributed by atoms with van der Waals surface area (Å²) in [7, 11) is 0. The zero-order valence-corrected chi connectivity index (χ0v) is 12.5. The average Bonchev–Trinajstić information content (AvgIpc) is 2.70. The van der Waals surface area contributed by atoms with Gasteiger partial charge >= 0.3 is 0 Å². The Labute approximate surface area is 125 Å². The van der Waals surface area contributed by atoms with Gasteiger partial charge in [-0.25, -0.2) is 4.68 Å².